The molecule has 1 atom stereocenters. The molecule has 5 nitrogen and oxygen atoms in total. The van der Waals surface area contributed by atoms with E-state index in [0.717, 1.165) is 64.2 Å². The molecule has 0 spiro atoms. The predicted molar refractivity (Wildman–Crippen MR) is 98.9 cm³/mol. The second-order valence-electron chi connectivity index (χ2n) is 7.64. The van der Waals surface area contributed by atoms with E-state index in [2.05, 4.69) is 9.80 Å². The summed E-state index contributed by atoms with van der Waals surface area (Å²) in [6.45, 7) is 5.59. The summed E-state index contributed by atoms with van der Waals surface area (Å²) < 4.78 is 5.62. The highest BCUT2D eigenvalue weighted by molar-refractivity contribution is 5.20. The minimum Gasteiger partial charge on any atom is -0.491 e. The van der Waals surface area contributed by atoms with Crippen molar-refractivity contribution in [3.8, 4) is 5.75 Å². The van der Waals surface area contributed by atoms with Crippen LogP contribution in [0, 0.1) is 0 Å². The van der Waals surface area contributed by atoms with Gasteiger partial charge in [-0.25, -0.2) is 0 Å². The van der Waals surface area contributed by atoms with Crippen molar-refractivity contribution in [2.45, 2.75) is 43.8 Å². The van der Waals surface area contributed by atoms with Gasteiger partial charge in [-0.3, -0.25) is 9.80 Å². The zero-order chi connectivity index (χ0) is 17.5. The van der Waals surface area contributed by atoms with Gasteiger partial charge in [0, 0.05) is 39.3 Å². The molecule has 0 bridgehead atoms. The number of β-amino-alcohol motifs (C(OH)–C–C–N with tert-alkyl or cyclic N) is 2. The van der Waals surface area contributed by atoms with Gasteiger partial charge in [-0.1, -0.05) is 37.5 Å². The lowest BCUT2D eigenvalue weighted by molar-refractivity contribution is -0.0387. The first-order valence-corrected chi connectivity index (χ1v) is 9.66. The first kappa shape index (κ1) is 18.6. The van der Waals surface area contributed by atoms with E-state index in [1.807, 2.05) is 30.3 Å². The third-order valence-corrected chi connectivity index (χ3v) is 5.42. The smallest absolute Gasteiger partial charge is 0.119 e. The number of hydrogen-bond donors (Lipinski definition) is 2. The highest BCUT2D eigenvalue weighted by Crippen LogP contribution is 2.29. The van der Waals surface area contributed by atoms with Gasteiger partial charge < -0.3 is 14.9 Å². The van der Waals surface area contributed by atoms with Crippen LogP contribution in [0.3, 0.4) is 0 Å². The molecular formula is C20H32N2O3. The molecule has 1 aromatic carbocycles. The molecular weight excluding hydrogens is 316 g/mol. The van der Waals surface area contributed by atoms with Gasteiger partial charge in [-0.15, -0.1) is 0 Å². The Kier molecular flexibility index (Phi) is 6.70. The quantitative estimate of drug-likeness (QED) is 0.786. The van der Waals surface area contributed by atoms with E-state index in [4.69, 9.17) is 4.74 Å². The monoisotopic (exact) mass is 348 g/mol. The first-order chi connectivity index (χ1) is 12.1. The lowest BCUT2D eigenvalue weighted by Crippen LogP contribution is -2.53. The molecule has 0 amide bonds. The molecule has 1 saturated heterocycles. The van der Waals surface area contributed by atoms with Crippen molar-refractivity contribution in [1.29, 1.82) is 0 Å². The van der Waals surface area contributed by atoms with Gasteiger partial charge in [0.25, 0.3) is 0 Å². The third kappa shape index (κ3) is 5.96. The number of rotatable bonds is 7. The lowest BCUT2D eigenvalue weighted by atomic mass is 9.84. The summed E-state index contributed by atoms with van der Waals surface area (Å²) in [5, 5.41) is 20.9. The van der Waals surface area contributed by atoms with E-state index >= 15 is 0 Å². The Morgan fingerprint density at radius 1 is 0.960 bits per heavy atom. The molecule has 0 radical (unpaired) electrons. The Bertz CT molecular complexity index is 497. The molecule has 2 fully saturated rings. The molecule has 25 heavy (non-hydrogen) atoms. The number of aliphatic hydroxyl groups excluding tert-OH is 1. The van der Waals surface area contributed by atoms with Crippen LogP contribution >= 0.6 is 0 Å². The average Bonchev–Trinajstić information content (AvgIpc) is 2.63. The molecule has 2 aliphatic rings. The zero-order valence-corrected chi connectivity index (χ0v) is 15.1. The van der Waals surface area contributed by atoms with Crippen LogP contribution in [0.25, 0.3) is 0 Å². The van der Waals surface area contributed by atoms with E-state index < -0.39 is 11.7 Å². The van der Waals surface area contributed by atoms with E-state index in [-0.39, 0.29) is 0 Å². The highest BCUT2D eigenvalue weighted by Gasteiger charge is 2.32. The minimum absolute atomic E-state index is 0.323. The van der Waals surface area contributed by atoms with Crippen molar-refractivity contribution in [1.82, 2.24) is 9.80 Å². The molecule has 1 heterocycles. The van der Waals surface area contributed by atoms with Crippen LogP contribution in [0.5, 0.6) is 5.75 Å². The number of hydrogen-bond acceptors (Lipinski definition) is 5. The van der Waals surface area contributed by atoms with Crippen LogP contribution in [0.15, 0.2) is 30.3 Å². The van der Waals surface area contributed by atoms with Crippen molar-refractivity contribution >= 4 is 0 Å². The molecule has 1 aliphatic carbocycles. The van der Waals surface area contributed by atoms with Crippen molar-refractivity contribution in [2.75, 3.05) is 45.9 Å². The van der Waals surface area contributed by atoms with E-state index in [1.54, 1.807) is 0 Å². The number of ether oxygens (including phenoxy) is 1. The van der Waals surface area contributed by atoms with Gasteiger partial charge in [0.05, 0.1) is 5.60 Å². The van der Waals surface area contributed by atoms with Crippen LogP contribution in [0.2, 0.25) is 0 Å². The van der Waals surface area contributed by atoms with Gasteiger partial charge in [-0.2, -0.15) is 0 Å². The Hall–Kier alpha value is -1.14. The van der Waals surface area contributed by atoms with E-state index in [9.17, 15) is 10.2 Å². The number of piperazine rings is 1. The van der Waals surface area contributed by atoms with Crippen LogP contribution in [-0.2, 0) is 0 Å². The van der Waals surface area contributed by atoms with Gasteiger partial charge >= 0.3 is 0 Å². The number of nitrogens with zero attached hydrogens (tertiary/aromatic N) is 2. The fourth-order valence-corrected chi connectivity index (χ4v) is 3.97. The van der Waals surface area contributed by atoms with Gasteiger partial charge in [-0.05, 0) is 25.0 Å². The van der Waals surface area contributed by atoms with Crippen LogP contribution in [0.1, 0.15) is 32.1 Å². The zero-order valence-electron chi connectivity index (χ0n) is 15.1. The fourth-order valence-electron chi connectivity index (χ4n) is 3.97. The molecule has 1 saturated carbocycles. The lowest BCUT2D eigenvalue weighted by Gasteiger charge is -2.41. The maximum Gasteiger partial charge on any atom is 0.119 e. The summed E-state index contributed by atoms with van der Waals surface area (Å²) in [5.74, 6) is 0.798. The standard InChI is InChI=1S/C20H32N2O3/c23-18(16-25-19-7-3-1-4-8-19)15-21-11-13-22(14-12-21)17-20(24)9-5-2-6-10-20/h1,3-4,7-8,18,23-24H,2,5-6,9-17H2/t18-/m0/s1. The summed E-state index contributed by atoms with van der Waals surface area (Å²) in [6, 6.07) is 9.62. The van der Waals surface area contributed by atoms with E-state index in [1.165, 1.54) is 6.42 Å². The van der Waals surface area contributed by atoms with Crippen molar-refractivity contribution in [3.05, 3.63) is 30.3 Å². The number of aliphatic hydroxyl groups is 2. The summed E-state index contributed by atoms with van der Waals surface area (Å²) >= 11 is 0. The number of para-hydroxylation sites is 1. The molecule has 0 aromatic heterocycles. The molecule has 1 aliphatic heterocycles. The Morgan fingerprint density at radius 3 is 2.28 bits per heavy atom. The van der Waals surface area contributed by atoms with Crippen molar-refractivity contribution in [2.24, 2.45) is 0 Å². The maximum atomic E-state index is 10.7. The second kappa shape index (κ2) is 8.99. The first-order valence-electron chi connectivity index (χ1n) is 9.66. The van der Waals surface area contributed by atoms with Gasteiger partial charge in [0.2, 0.25) is 0 Å². The Labute approximate surface area is 151 Å². The molecule has 0 unspecified atom stereocenters. The van der Waals surface area contributed by atoms with Crippen LogP contribution < -0.4 is 4.74 Å². The Balaban J connectivity index is 1.34. The Morgan fingerprint density at radius 2 is 1.60 bits per heavy atom. The molecule has 3 rings (SSSR count). The number of benzene rings is 1. The van der Waals surface area contributed by atoms with Crippen molar-refractivity contribution < 1.29 is 14.9 Å². The third-order valence-electron chi connectivity index (χ3n) is 5.42. The van der Waals surface area contributed by atoms with Crippen LogP contribution in [-0.4, -0.2) is 77.6 Å². The highest BCUT2D eigenvalue weighted by atomic mass is 16.5. The minimum atomic E-state index is -0.478. The predicted octanol–water partition coefficient (Wildman–Crippen LogP) is 1.74. The summed E-state index contributed by atoms with van der Waals surface area (Å²) in [5.41, 5.74) is -0.469. The van der Waals surface area contributed by atoms with Gasteiger partial charge in [0.1, 0.15) is 18.5 Å². The molecule has 140 valence electrons. The van der Waals surface area contributed by atoms with Crippen LogP contribution in [0.4, 0.5) is 0 Å². The second-order valence-corrected chi connectivity index (χ2v) is 7.64. The largest absolute Gasteiger partial charge is 0.491 e. The molecule has 5 heteroatoms. The molecule has 2 N–H and O–H groups in total. The van der Waals surface area contributed by atoms with Crippen molar-refractivity contribution in [3.63, 3.8) is 0 Å². The normalized spacial score (nSPS) is 23.3. The summed E-state index contributed by atoms with van der Waals surface area (Å²) in [4.78, 5) is 4.68. The maximum absolute atomic E-state index is 10.7. The molecule has 1 aromatic rings. The summed E-state index contributed by atoms with van der Waals surface area (Å²) in [7, 11) is 0. The topological polar surface area (TPSA) is 56.2 Å². The van der Waals surface area contributed by atoms with Gasteiger partial charge in [0.15, 0.2) is 0 Å². The van der Waals surface area contributed by atoms with E-state index in [0.29, 0.717) is 13.2 Å². The average molecular weight is 348 g/mol. The summed E-state index contributed by atoms with van der Waals surface area (Å²) in [6.07, 6.45) is 4.99. The fraction of sp³-hybridized carbons (Fsp3) is 0.700. The SMILES string of the molecule is O[C@H](COc1ccccc1)CN1CCN(CC2(O)CCCCC2)CC1.